The molecule has 15 heavy (non-hydrogen) atoms. The highest BCUT2D eigenvalue weighted by Gasteiger charge is 2.26. The molecule has 0 saturated carbocycles. The summed E-state index contributed by atoms with van der Waals surface area (Å²) in [6, 6.07) is 0. The first-order valence-electron chi connectivity index (χ1n) is 5.10. The molecular formula is C10H17ClN2O2. The first kappa shape index (κ1) is 12.3. The van der Waals surface area contributed by atoms with Gasteiger partial charge in [-0.05, 0) is 12.3 Å². The predicted octanol–water partition coefficient (Wildman–Crippen LogP) is 0.552. The second kappa shape index (κ2) is 5.35. The Labute approximate surface area is 95.2 Å². The van der Waals surface area contributed by atoms with E-state index in [4.69, 9.17) is 11.6 Å². The van der Waals surface area contributed by atoms with E-state index >= 15 is 0 Å². The summed E-state index contributed by atoms with van der Waals surface area (Å²) in [5.74, 6) is 0.503. The average Bonchev–Trinajstić information content (AvgIpc) is 2.65. The molecule has 0 unspecified atom stereocenters. The molecule has 0 spiro atoms. The minimum atomic E-state index is -0.00959. The summed E-state index contributed by atoms with van der Waals surface area (Å²) >= 11 is 5.48. The molecule has 86 valence electrons. The van der Waals surface area contributed by atoms with Crippen LogP contribution in [-0.2, 0) is 9.59 Å². The van der Waals surface area contributed by atoms with Crippen molar-refractivity contribution in [3.63, 3.8) is 0 Å². The van der Waals surface area contributed by atoms with Gasteiger partial charge in [0.15, 0.2) is 0 Å². The third-order valence-corrected chi connectivity index (χ3v) is 3.05. The molecule has 4 nitrogen and oxygen atoms in total. The van der Waals surface area contributed by atoms with Crippen LogP contribution in [0.5, 0.6) is 0 Å². The fraction of sp³-hybridized carbons (Fsp3) is 0.800. The van der Waals surface area contributed by atoms with Crippen molar-refractivity contribution in [2.24, 2.45) is 5.92 Å². The standard InChI is InChI=1S/C10H17ClN2O2/c1-8(14)12(2)6-9-3-4-13(7-9)10(15)5-11/h9H,3-7H2,1-2H3/t9-/m1/s1. The van der Waals surface area contributed by atoms with Crippen LogP contribution in [0.4, 0.5) is 0 Å². The Hall–Kier alpha value is -0.770. The van der Waals surface area contributed by atoms with Crippen LogP contribution >= 0.6 is 11.6 Å². The Bertz CT molecular complexity index is 258. The molecule has 0 N–H and O–H groups in total. The molecule has 0 aliphatic carbocycles. The first-order chi connectivity index (χ1) is 7.04. The Balaban J connectivity index is 2.36. The largest absolute Gasteiger partial charge is 0.346 e. The Morgan fingerprint density at radius 2 is 2.20 bits per heavy atom. The molecule has 1 rings (SSSR count). The van der Waals surface area contributed by atoms with Gasteiger partial charge in [-0.1, -0.05) is 0 Å². The van der Waals surface area contributed by atoms with Crippen LogP contribution in [0.15, 0.2) is 0 Å². The molecule has 0 aromatic carbocycles. The zero-order chi connectivity index (χ0) is 11.4. The van der Waals surface area contributed by atoms with Crippen molar-refractivity contribution >= 4 is 23.4 Å². The molecule has 0 bridgehead atoms. The van der Waals surface area contributed by atoms with Crippen LogP contribution in [0, 0.1) is 5.92 Å². The summed E-state index contributed by atoms with van der Waals surface area (Å²) in [4.78, 5) is 25.8. The monoisotopic (exact) mass is 232 g/mol. The maximum Gasteiger partial charge on any atom is 0.237 e. The van der Waals surface area contributed by atoms with E-state index in [1.807, 2.05) is 0 Å². The Morgan fingerprint density at radius 3 is 2.73 bits per heavy atom. The van der Waals surface area contributed by atoms with E-state index in [1.54, 1.807) is 23.8 Å². The molecule has 1 heterocycles. The molecule has 1 aliphatic heterocycles. The number of likely N-dealkylation sites (tertiary alicyclic amines) is 1. The number of carbonyl (C=O) groups excluding carboxylic acids is 2. The first-order valence-corrected chi connectivity index (χ1v) is 5.63. The van der Waals surface area contributed by atoms with Crippen LogP contribution in [0.2, 0.25) is 0 Å². The van der Waals surface area contributed by atoms with Crippen LogP contribution in [0.3, 0.4) is 0 Å². The van der Waals surface area contributed by atoms with E-state index in [2.05, 4.69) is 0 Å². The molecule has 1 atom stereocenters. The van der Waals surface area contributed by atoms with E-state index in [9.17, 15) is 9.59 Å². The lowest BCUT2D eigenvalue weighted by atomic mass is 10.1. The third kappa shape index (κ3) is 3.38. The second-order valence-electron chi connectivity index (χ2n) is 4.03. The summed E-state index contributed by atoms with van der Waals surface area (Å²) < 4.78 is 0. The number of halogens is 1. The van der Waals surface area contributed by atoms with Gasteiger partial charge in [-0.2, -0.15) is 0 Å². The molecule has 0 radical (unpaired) electrons. The van der Waals surface area contributed by atoms with Gasteiger partial charge in [-0.15, -0.1) is 11.6 Å². The molecular weight excluding hydrogens is 216 g/mol. The maximum atomic E-state index is 11.3. The number of hydrogen-bond donors (Lipinski definition) is 0. The van der Waals surface area contributed by atoms with Crippen molar-refractivity contribution in [1.29, 1.82) is 0 Å². The van der Waals surface area contributed by atoms with Crippen LogP contribution in [0.25, 0.3) is 0 Å². The highest BCUT2D eigenvalue weighted by molar-refractivity contribution is 6.27. The summed E-state index contributed by atoms with van der Waals surface area (Å²) in [5, 5.41) is 0. The fourth-order valence-corrected chi connectivity index (χ4v) is 1.98. The zero-order valence-corrected chi connectivity index (χ0v) is 9.96. The van der Waals surface area contributed by atoms with Crippen LogP contribution in [-0.4, -0.2) is 54.2 Å². The lowest BCUT2D eigenvalue weighted by Gasteiger charge is -2.20. The number of rotatable bonds is 3. The van der Waals surface area contributed by atoms with E-state index in [0.717, 1.165) is 26.1 Å². The number of hydrogen-bond acceptors (Lipinski definition) is 2. The minimum absolute atomic E-state index is 0.00959. The van der Waals surface area contributed by atoms with Gasteiger partial charge in [-0.3, -0.25) is 9.59 Å². The number of carbonyl (C=O) groups is 2. The summed E-state index contributed by atoms with van der Waals surface area (Å²) in [6.07, 6.45) is 0.959. The van der Waals surface area contributed by atoms with Crippen LogP contribution < -0.4 is 0 Å². The van der Waals surface area contributed by atoms with E-state index < -0.39 is 0 Å². The lowest BCUT2D eigenvalue weighted by molar-refractivity contribution is -0.128. The normalized spacial score (nSPS) is 20.5. The second-order valence-corrected chi connectivity index (χ2v) is 4.29. The highest BCUT2D eigenvalue weighted by Crippen LogP contribution is 2.17. The van der Waals surface area contributed by atoms with E-state index in [1.165, 1.54) is 0 Å². The van der Waals surface area contributed by atoms with Gasteiger partial charge in [0, 0.05) is 33.6 Å². The molecule has 5 heteroatoms. The smallest absolute Gasteiger partial charge is 0.237 e. The molecule has 2 amide bonds. The van der Waals surface area contributed by atoms with E-state index in [0.29, 0.717) is 5.92 Å². The number of alkyl halides is 1. The van der Waals surface area contributed by atoms with Crippen molar-refractivity contribution in [3.05, 3.63) is 0 Å². The molecule has 1 saturated heterocycles. The van der Waals surface area contributed by atoms with Gasteiger partial charge in [0.1, 0.15) is 5.88 Å². The third-order valence-electron chi connectivity index (χ3n) is 2.82. The quantitative estimate of drug-likeness (QED) is 0.667. The van der Waals surface area contributed by atoms with Gasteiger partial charge in [-0.25, -0.2) is 0 Å². The summed E-state index contributed by atoms with van der Waals surface area (Å²) in [7, 11) is 1.79. The van der Waals surface area contributed by atoms with Crippen molar-refractivity contribution in [2.45, 2.75) is 13.3 Å². The minimum Gasteiger partial charge on any atom is -0.346 e. The van der Waals surface area contributed by atoms with Gasteiger partial charge < -0.3 is 9.80 Å². The highest BCUT2D eigenvalue weighted by atomic mass is 35.5. The van der Waals surface area contributed by atoms with Gasteiger partial charge in [0.05, 0.1) is 0 Å². The number of nitrogens with zero attached hydrogens (tertiary/aromatic N) is 2. The fourth-order valence-electron chi connectivity index (χ4n) is 1.81. The van der Waals surface area contributed by atoms with Crippen molar-refractivity contribution < 1.29 is 9.59 Å². The van der Waals surface area contributed by atoms with Gasteiger partial charge in [0.2, 0.25) is 11.8 Å². The maximum absolute atomic E-state index is 11.3. The molecule has 1 fully saturated rings. The van der Waals surface area contributed by atoms with Crippen molar-refractivity contribution in [3.8, 4) is 0 Å². The van der Waals surface area contributed by atoms with E-state index in [-0.39, 0.29) is 17.7 Å². The average molecular weight is 233 g/mol. The van der Waals surface area contributed by atoms with Gasteiger partial charge in [0.25, 0.3) is 0 Å². The van der Waals surface area contributed by atoms with Crippen molar-refractivity contribution in [1.82, 2.24) is 9.80 Å². The Kier molecular flexibility index (Phi) is 4.39. The SMILES string of the molecule is CC(=O)N(C)C[C@H]1CCN(C(=O)CCl)C1. The zero-order valence-electron chi connectivity index (χ0n) is 9.20. The molecule has 0 aromatic heterocycles. The summed E-state index contributed by atoms with van der Waals surface area (Å²) in [5.41, 5.74) is 0. The Morgan fingerprint density at radius 1 is 1.53 bits per heavy atom. The van der Waals surface area contributed by atoms with Crippen LogP contribution in [0.1, 0.15) is 13.3 Å². The topological polar surface area (TPSA) is 40.6 Å². The number of amides is 2. The van der Waals surface area contributed by atoms with Gasteiger partial charge >= 0.3 is 0 Å². The summed E-state index contributed by atoms with van der Waals surface area (Å²) in [6.45, 7) is 3.77. The molecule has 1 aliphatic rings. The predicted molar refractivity (Wildman–Crippen MR) is 58.7 cm³/mol. The van der Waals surface area contributed by atoms with Crippen molar-refractivity contribution in [2.75, 3.05) is 32.6 Å². The lowest BCUT2D eigenvalue weighted by Crippen LogP contribution is -2.33. The molecule has 0 aromatic rings.